The molecule has 3 aromatic heterocycles. The number of esters is 1. The van der Waals surface area contributed by atoms with Crippen molar-refractivity contribution >= 4 is 44.3 Å². The SMILES string of the molecule is COC(=O)c1cc(-c2csc(NC(=O)c3cc(Br)c[nH]3)n2)c[nH]1. The van der Waals surface area contributed by atoms with E-state index in [4.69, 9.17) is 0 Å². The Hall–Kier alpha value is -2.39. The first-order valence-electron chi connectivity index (χ1n) is 6.44. The van der Waals surface area contributed by atoms with Gasteiger partial charge in [-0.15, -0.1) is 11.3 Å². The molecule has 0 saturated carbocycles. The Morgan fingerprint density at radius 3 is 2.74 bits per heavy atom. The molecule has 0 aliphatic carbocycles. The number of aromatic nitrogens is 3. The number of thiazole rings is 1. The van der Waals surface area contributed by atoms with Crippen LogP contribution in [-0.2, 0) is 4.74 Å². The minimum atomic E-state index is -0.447. The fourth-order valence-electron chi connectivity index (χ4n) is 1.90. The first kappa shape index (κ1) is 15.5. The third kappa shape index (κ3) is 3.35. The second-order valence-corrected chi connectivity index (χ2v) is 6.29. The van der Waals surface area contributed by atoms with Crippen LogP contribution < -0.4 is 5.32 Å². The minimum absolute atomic E-state index is 0.277. The van der Waals surface area contributed by atoms with Gasteiger partial charge >= 0.3 is 5.97 Å². The van der Waals surface area contributed by atoms with Gasteiger partial charge in [0.1, 0.15) is 11.4 Å². The molecule has 3 rings (SSSR count). The monoisotopic (exact) mass is 394 g/mol. The summed E-state index contributed by atoms with van der Waals surface area (Å²) in [6.45, 7) is 0. The number of carbonyl (C=O) groups excluding carboxylic acids is 2. The van der Waals surface area contributed by atoms with Crippen molar-refractivity contribution in [3.8, 4) is 11.3 Å². The number of halogens is 1. The molecule has 3 N–H and O–H groups in total. The summed E-state index contributed by atoms with van der Waals surface area (Å²) in [5.74, 6) is -0.724. The quantitative estimate of drug-likeness (QED) is 0.591. The Kier molecular flexibility index (Phi) is 4.30. The molecule has 0 spiro atoms. The van der Waals surface area contributed by atoms with Crippen LogP contribution in [0.1, 0.15) is 21.0 Å². The van der Waals surface area contributed by atoms with E-state index in [0.29, 0.717) is 22.2 Å². The predicted molar refractivity (Wildman–Crippen MR) is 89.7 cm³/mol. The van der Waals surface area contributed by atoms with Crippen LogP contribution in [0.25, 0.3) is 11.3 Å². The van der Waals surface area contributed by atoms with Gasteiger partial charge in [-0.25, -0.2) is 9.78 Å². The first-order chi connectivity index (χ1) is 11.1. The van der Waals surface area contributed by atoms with E-state index in [0.717, 1.165) is 10.0 Å². The summed E-state index contributed by atoms with van der Waals surface area (Å²) in [7, 11) is 1.32. The van der Waals surface area contributed by atoms with Crippen molar-refractivity contribution in [2.24, 2.45) is 0 Å². The van der Waals surface area contributed by atoms with Crippen molar-refractivity contribution in [1.29, 1.82) is 0 Å². The van der Waals surface area contributed by atoms with Crippen molar-refractivity contribution in [1.82, 2.24) is 15.0 Å². The van der Waals surface area contributed by atoms with Crippen LogP contribution in [-0.4, -0.2) is 33.9 Å². The lowest BCUT2D eigenvalue weighted by molar-refractivity contribution is 0.0594. The molecular formula is C14H11BrN4O3S. The third-order valence-electron chi connectivity index (χ3n) is 3.00. The summed E-state index contributed by atoms with van der Waals surface area (Å²) in [6.07, 6.45) is 3.34. The number of hydrogen-bond donors (Lipinski definition) is 3. The maximum absolute atomic E-state index is 12.0. The topological polar surface area (TPSA) is 99.9 Å². The Morgan fingerprint density at radius 2 is 2.04 bits per heavy atom. The molecular weight excluding hydrogens is 384 g/mol. The van der Waals surface area contributed by atoms with Crippen LogP contribution in [0, 0.1) is 0 Å². The molecule has 1 amide bonds. The molecule has 3 aromatic rings. The lowest BCUT2D eigenvalue weighted by Crippen LogP contribution is -2.11. The van der Waals surface area contributed by atoms with E-state index in [1.165, 1.54) is 18.4 Å². The second kappa shape index (κ2) is 6.39. The molecule has 0 bridgehead atoms. The summed E-state index contributed by atoms with van der Waals surface area (Å²) in [6, 6.07) is 3.33. The lowest BCUT2D eigenvalue weighted by atomic mass is 10.2. The highest BCUT2D eigenvalue weighted by Crippen LogP contribution is 2.26. The van der Waals surface area contributed by atoms with Crippen molar-refractivity contribution in [2.45, 2.75) is 0 Å². The number of aromatic amines is 2. The number of amides is 1. The molecule has 7 nitrogen and oxygen atoms in total. The third-order valence-corrected chi connectivity index (χ3v) is 4.22. The Morgan fingerprint density at radius 1 is 1.26 bits per heavy atom. The number of carbonyl (C=O) groups is 2. The van der Waals surface area contributed by atoms with Gasteiger partial charge in [0, 0.05) is 27.8 Å². The Bertz CT molecular complexity index is 867. The highest BCUT2D eigenvalue weighted by Gasteiger charge is 2.14. The Labute approximate surface area is 143 Å². The van der Waals surface area contributed by atoms with E-state index in [2.05, 4.69) is 40.9 Å². The van der Waals surface area contributed by atoms with Crippen LogP contribution in [0.15, 0.2) is 34.4 Å². The minimum Gasteiger partial charge on any atom is -0.464 e. The van der Waals surface area contributed by atoms with Gasteiger partial charge in [-0.1, -0.05) is 0 Å². The molecule has 0 fully saturated rings. The number of hydrogen-bond acceptors (Lipinski definition) is 5. The number of nitrogens with one attached hydrogen (secondary N) is 3. The molecule has 0 radical (unpaired) electrons. The number of methoxy groups -OCH3 is 1. The summed E-state index contributed by atoms with van der Waals surface area (Å²) in [5, 5.41) is 4.98. The normalized spacial score (nSPS) is 10.5. The van der Waals surface area contributed by atoms with E-state index in [9.17, 15) is 9.59 Å². The Balaban J connectivity index is 1.74. The van der Waals surface area contributed by atoms with Gasteiger partial charge in [-0.3, -0.25) is 10.1 Å². The van der Waals surface area contributed by atoms with Gasteiger partial charge in [0.05, 0.1) is 12.8 Å². The van der Waals surface area contributed by atoms with Gasteiger partial charge in [0.25, 0.3) is 5.91 Å². The molecule has 0 aromatic carbocycles. The molecule has 0 aliphatic heterocycles. The average Bonchev–Trinajstić information content (AvgIpc) is 3.25. The fraction of sp³-hybridized carbons (Fsp3) is 0.0714. The van der Waals surface area contributed by atoms with Crippen LogP contribution in [0.2, 0.25) is 0 Å². The fourth-order valence-corrected chi connectivity index (χ4v) is 2.96. The predicted octanol–water partition coefficient (Wildman–Crippen LogP) is 3.27. The van der Waals surface area contributed by atoms with Crippen molar-refractivity contribution in [2.75, 3.05) is 12.4 Å². The zero-order valence-electron chi connectivity index (χ0n) is 11.8. The van der Waals surface area contributed by atoms with E-state index >= 15 is 0 Å². The van der Waals surface area contributed by atoms with Gasteiger partial charge in [-0.2, -0.15) is 0 Å². The molecule has 118 valence electrons. The molecule has 0 atom stereocenters. The number of nitrogens with zero attached hydrogens (tertiary/aromatic N) is 1. The molecule has 0 saturated heterocycles. The molecule has 3 heterocycles. The number of H-pyrrole nitrogens is 2. The molecule has 9 heteroatoms. The summed E-state index contributed by atoms with van der Waals surface area (Å²) >= 11 is 4.57. The maximum Gasteiger partial charge on any atom is 0.354 e. The van der Waals surface area contributed by atoms with Gasteiger partial charge in [0.15, 0.2) is 5.13 Å². The number of ether oxygens (including phenoxy) is 1. The van der Waals surface area contributed by atoms with E-state index in [-0.39, 0.29) is 5.91 Å². The molecule has 0 aliphatic rings. The molecule has 0 unspecified atom stereocenters. The van der Waals surface area contributed by atoms with Crippen molar-refractivity contribution < 1.29 is 14.3 Å². The van der Waals surface area contributed by atoms with Gasteiger partial charge in [0.2, 0.25) is 0 Å². The van der Waals surface area contributed by atoms with E-state index in [1.807, 2.05) is 0 Å². The highest BCUT2D eigenvalue weighted by atomic mass is 79.9. The van der Waals surface area contributed by atoms with Crippen molar-refractivity contribution in [3.05, 3.63) is 45.8 Å². The number of rotatable bonds is 4. The highest BCUT2D eigenvalue weighted by molar-refractivity contribution is 9.10. The average molecular weight is 395 g/mol. The zero-order chi connectivity index (χ0) is 16.4. The summed E-state index contributed by atoms with van der Waals surface area (Å²) < 4.78 is 5.44. The van der Waals surface area contributed by atoms with Crippen LogP contribution in [0.4, 0.5) is 5.13 Å². The zero-order valence-corrected chi connectivity index (χ0v) is 14.2. The molecule has 23 heavy (non-hydrogen) atoms. The summed E-state index contributed by atoms with van der Waals surface area (Å²) in [5.41, 5.74) is 2.18. The van der Waals surface area contributed by atoms with Crippen molar-refractivity contribution in [3.63, 3.8) is 0 Å². The van der Waals surface area contributed by atoms with E-state index in [1.54, 1.807) is 29.9 Å². The van der Waals surface area contributed by atoms with Crippen LogP contribution in [0.5, 0.6) is 0 Å². The first-order valence-corrected chi connectivity index (χ1v) is 8.12. The van der Waals surface area contributed by atoms with Crippen LogP contribution >= 0.6 is 27.3 Å². The van der Waals surface area contributed by atoms with Gasteiger partial charge < -0.3 is 14.7 Å². The largest absolute Gasteiger partial charge is 0.464 e. The second-order valence-electron chi connectivity index (χ2n) is 4.52. The standard InChI is InChI=1S/C14H11BrN4O3S/c1-22-13(21)10-2-7(4-16-10)11-6-23-14(18-11)19-12(20)9-3-8(15)5-17-9/h2-6,16-17H,1H3,(H,18,19,20). The smallest absolute Gasteiger partial charge is 0.354 e. The van der Waals surface area contributed by atoms with E-state index < -0.39 is 5.97 Å². The maximum atomic E-state index is 12.0. The van der Waals surface area contributed by atoms with Crippen LogP contribution in [0.3, 0.4) is 0 Å². The summed E-state index contributed by atoms with van der Waals surface area (Å²) in [4.78, 5) is 33.5. The van der Waals surface area contributed by atoms with Gasteiger partial charge in [-0.05, 0) is 28.1 Å². The number of anilines is 1. The lowest BCUT2D eigenvalue weighted by Gasteiger charge is -1.98.